The molecule has 3 amide bonds. The standard InChI is InChI=1S/C6H10ClN2O6S2/c1-16(12,13)8-3-4-9(5(7)10,6(8)11)17(2,14)15/h3-4H2,1-2H3/q+1. The maximum Gasteiger partial charge on any atom is 0.457 e. The van der Waals surface area contributed by atoms with Gasteiger partial charge in [-0.1, -0.05) is 3.89 Å². The first kappa shape index (κ1) is 14.4. The second kappa shape index (κ2) is 3.90. The van der Waals surface area contributed by atoms with Gasteiger partial charge in [0.2, 0.25) is 10.0 Å². The highest BCUT2D eigenvalue weighted by Gasteiger charge is 2.62. The van der Waals surface area contributed by atoms with Crippen LogP contribution in [0.4, 0.5) is 9.59 Å². The smallest absolute Gasteiger partial charge is 0.211 e. The van der Waals surface area contributed by atoms with Gasteiger partial charge in [-0.05, 0) is 0 Å². The van der Waals surface area contributed by atoms with E-state index < -0.39 is 48.4 Å². The van der Waals surface area contributed by atoms with Gasteiger partial charge in [-0.25, -0.2) is 18.0 Å². The van der Waals surface area contributed by atoms with E-state index in [-0.39, 0.29) is 0 Å². The van der Waals surface area contributed by atoms with Gasteiger partial charge >= 0.3 is 21.4 Å². The SMILES string of the molecule is CS(=O)(=O)N1CC[N+](C(=O)Cl)(S(C)(=O)=O)C1=O. The molecule has 1 fully saturated rings. The first-order chi connectivity index (χ1) is 7.44. The molecule has 1 atom stereocenters. The topological polar surface area (TPSA) is 106 Å². The lowest BCUT2D eigenvalue weighted by molar-refractivity contribution is -0.611. The average Bonchev–Trinajstić information content (AvgIpc) is 2.40. The van der Waals surface area contributed by atoms with Gasteiger partial charge in [0.25, 0.3) is 0 Å². The molecule has 1 heterocycles. The van der Waals surface area contributed by atoms with Crippen LogP contribution in [0.25, 0.3) is 0 Å². The molecule has 0 aromatic carbocycles. The fraction of sp³-hybridized carbons (Fsp3) is 0.667. The van der Waals surface area contributed by atoms with E-state index >= 15 is 0 Å². The van der Waals surface area contributed by atoms with Crippen molar-refractivity contribution in [2.75, 3.05) is 25.6 Å². The van der Waals surface area contributed by atoms with Crippen LogP contribution in [0.1, 0.15) is 0 Å². The molecule has 8 nitrogen and oxygen atoms in total. The zero-order chi connectivity index (χ0) is 13.6. The number of halogens is 1. The molecular formula is C6H10ClN2O6S2+. The number of hydrogen-bond donors (Lipinski definition) is 0. The van der Waals surface area contributed by atoms with Crippen molar-refractivity contribution in [3.05, 3.63) is 0 Å². The molecule has 0 radical (unpaired) electrons. The third-order valence-corrected chi connectivity index (χ3v) is 5.56. The van der Waals surface area contributed by atoms with E-state index in [1.165, 1.54) is 0 Å². The summed E-state index contributed by atoms with van der Waals surface area (Å²) in [6, 6.07) is -1.37. The summed E-state index contributed by atoms with van der Waals surface area (Å²) in [5, 5.41) is -1.44. The van der Waals surface area contributed by atoms with Gasteiger partial charge in [-0.15, -0.1) is 0 Å². The summed E-state index contributed by atoms with van der Waals surface area (Å²) in [6.07, 6.45) is 1.39. The quantitative estimate of drug-likeness (QED) is 0.387. The van der Waals surface area contributed by atoms with Crippen LogP contribution < -0.4 is 0 Å². The van der Waals surface area contributed by atoms with Crippen molar-refractivity contribution in [1.29, 1.82) is 0 Å². The largest absolute Gasteiger partial charge is 0.457 e. The Morgan fingerprint density at radius 1 is 1.29 bits per heavy atom. The molecule has 1 aliphatic rings. The van der Waals surface area contributed by atoms with Gasteiger partial charge < -0.3 is 0 Å². The molecule has 0 aliphatic carbocycles. The first-order valence-electron chi connectivity index (χ1n) is 4.25. The lowest BCUT2D eigenvalue weighted by Crippen LogP contribution is -2.56. The Labute approximate surface area is 103 Å². The first-order valence-corrected chi connectivity index (χ1v) is 8.32. The van der Waals surface area contributed by atoms with Crippen LogP contribution in [-0.2, 0) is 20.0 Å². The van der Waals surface area contributed by atoms with Gasteiger partial charge in [-0.2, -0.15) is 12.7 Å². The van der Waals surface area contributed by atoms with Gasteiger partial charge in [0.05, 0.1) is 19.1 Å². The van der Waals surface area contributed by atoms with Crippen LogP contribution in [0.2, 0.25) is 0 Å². The van der Waals surface area contributed by atoms with Crippen LogP contribution in [0.3, 0.4) is 0 Å². The Balaban J connectivity index is 3.44. The zero-order valence-corrected chi connectivity index (χ0v) is 11.3. The van der Waals surface area contributed by atoms with Crippen LogP contribution in [0.5, 0.6) is 0 Å². The monoisotopic (exact) mass is 305 g/mol. The summed E-state index contributed by atoms with van der Waals surface area (Å²) in [7, 11) is -8.13. The number of rotatable bonds is 2. The number of hydrogen-bond acceptors (Lipinski definition) is 6. The molecule has 0 aromatic rings. The van der Waals surface area contributed by atoms with Crippen molar-refractivity contribution >= 4 is 43.0 Å². The van der Waals surface area contributed by atoms with Gasteiger partial charge in [0.1, 0.15) is 6.54 Å². The lowest BCUT2D eigenvalue weighted by atomic mass is 10.6. The third-order valence-electron chi connectivity index (χ3n) is 2.39. The summed E-state index contributed by atoms with van der Waals surface area (Å²) in [5.74, 6) is 0. The Morgan fingerprint density at radius 2 is 1.76 bits per heavy atom. The van der Waals surface area contributed by atoms with E-state index in [0.717, 1.165) is 6.26 Å². The second-order valence-corrected chi connectivity index (χ2v) is 7.89. The number of carbonyl (C=O) groups is 2. The van der Waals surface area contributed by atoms with E-state index in [1.807, 2.05) is 0 Å². The minimum absolute atomic E-state index is 0.328. The zero-order valence-electron chi connectivity index (χ0n) is 8.95. The van der Waals surface area contributed by atoms with Crippen molar-refractivity contribution in [2.45, 2.75) is 0 Å². The van der Waals surface area contributed by atoms with Crippen LogP contribution in [0, 0.1) is 0 Å². The van der Waals surface area contributed by atoms with E-state index in [0.29, 0.717) is 10.6 Å². The summed E-state index contributed by atoms with van der Waals surface area (Å²) in [4.78, 5) is 23.0. The van der Waals surface area contributed by atoms with Crippen LogP contribution >= 0.6 is 11.6 Å². The van der Waals surface area contributed by atoms with E-state index in [1.54, 1.807) is 0 Å². The van der Waals surface area contributed by atoms with Gasteiger partial charge in [0.15, 0.2) is 0 Å². The van der Waals surface area contributed by atoms with Crippen molar-refractivity contribution in [1.82, 2.24) is 4.31 Å². The summed E-state index contributed by atoms with van der Waals surface area (Å²) in [6.45, 7) is -0.920. The third kappa shape index (κ3) is 2.05. The molecule has 1 rings (SSSR count). The fourth-order valence-corrected chi connectivity index (χ4v) is 3.99. The minimum Gasteiger partial charge on any atom is -0.211 e. The average molecular weight is 306 g/mol. The molecule has 11 heteroatoms. The molecule has 0 spiro atoms. The summed E-state index contributed by atoms with van der Waals surface area (Å²) < 4.78 is 44.1. The van der Waals surface area contributed by atoms with Crippen LogP contribution in [-0.4, -0.2) is 62.0 Å². The molecule has 98 valence electrons. The highest BCUT2D eigenvalue weighted by molar-refractivity contribution is 7.89. The molecule has 0 aromatic heterocycles. The van der Waals surface area contributed by atoms with Crippen molar-refractivity contribution in [3.63, 3.8) is 0 Å². The predicted octanol–water partition coefficient (Wildman–Crippen LogP) is -0.483. The molecular weight excluding hydrogens is 296 g/mol. The highest BCUT2D eigenvalue weighted by atomic mass is 35.5. The van der Waals surface area contributed by atoms with E-state index in [2.05, 4.69) is 0 Å². The van der Waals surface area contributed by atoms with Crippen molar-refractivity contribution in [3.8, 4) is 0 Å². The van der Waals surface area contributed by atoms with Crippen LogP contribution in [0.15, 0.2) is 0 Å². The lowest BCUT2D eigenvalue weighted by Gasteiger charge is -2.21. The van der Waals surface area contributed by atoms with Crippen molar-refractivity contribution < 1.29 is 30.3 Å². The molecule has 17 heavy (non-hydrogen) atoms. The van der Waals surface area contributed by atoms with E-state index in [4.69, 9.17) is 11.6 Å². The van der Waals surface area contributed by atoms with E-state index in [9.17, 15) is 26.4 Å². The Bertz CT molecular complexity index is 582. The van der Waals surface area contributed by atoms with Gasteiger partial charge in [0, 0.05) is 11.6 Å². The normalized spacial score (nSPS) is 26.3. The molecule has 0 N–H and O–H groups in total. The predicted molar refractivity (Wildman–Crippen MR) is 58.2 cm³/mol. The molecule has 0 saturated carbocycles. The van der Waals surface area contributed by atoms with Crippen molar-refractivity contribution in [2.24, 2.45) is 0 Å². The maximum absolute atomic E-state index is 11.8. The Kier molecular flexibility index (Phi) is 3.29. The fourth-order valence-electron chi connectivity index (χ4n) is 1.51. The maximum atomic E-state index is 11.8. The molecule has 0 bridgehead atoms. The molecule has 1 unspecified atom stereocenters. The molecule has 1 aliphatic heterocycles. The number of quaternary nitrogens is 1. The van der Waals surface area contributed by atoms with Gasteiger partial charge in [-0.3, -0.25) is 0 Å². The summed E-state index contributed by atoms with van der Waals surface area (Å²) in [5.41, 5.74) is 0. The Hall–Kier alpha value is -0.710. The number of carbonyl (C=O) groups excluding carboxylic acids is 2. The number of nitrogens with zero attached hydrogens (tertiary/aromatic N) is 2. The Morgan fingerprint density at radius 3 is 1.94 bits per heavy atom. The minimum atomic E-state index is -4.21. The summed E-state index contributed by atoms with van der Waals surface area (Å²) >= 11 is 5.15. The number of amides is 3. The molecule has 1 saturated heterocycles. The number of urea groups is 1. The number of imide groups is 1. The number of sulfonamides is 2. The second-order valence-electron chi connectivity index (χ2n) is 3.57. The highest BCUT2D eigenvalue weighted by Crippen LogP contribution is 2.28.